The molecule has 3 rings (SSSR count). The van der Waals surface area contributed by atoms with Gasteiger partial charge in [0.1, 0.15) is 0 Å². The van der Waals surface area contributed by atoms with E-state index in [1.807, 2.05) is 0 Å². The molecule has 2 fully saturated rings. The monoisotopic (exact) mass is 201 g/mol. The van der Waals surface area contributed by atoms with Crippen LogP contribution in [0.4, 0.5) is 0 Å². The average molecular weight is 201 g/mol. The molecule has 1 aromatic carbocycles. The van der Waals surface area contributed by atoms with Gasteiger partial charge in [-0.05, 0) is 48.6 Å². The van der Waals surface area contributed by atoms with Gasteiger partial charge in [-0.2, -0.15) is 0 Å². The zero-order valence-corrected chi connectivity index (χ0v) is 9.15. The van der Waals surface area contributed by atoms with Gasteiger partial charge in [0.05, 0.1) is 0 Å². The lowest BCUT2D eigenvalue weighted by Crippen LogP contribution is -2.14. The molecule has 0 amide bonds. The molecule has 1 nitrogen and oxygen atoms in total. The molecule has 0 bridgehead atoms. The molecule has 0 spiro atoms. The number of nitrogens with two attached hydrogens (primary N) is 1. The van der Waals surface area contributed by atoms with Crippen molar-refractivity contribution in [3.63, 3.8) is 0 Å². The first-order valence-corrected chi connectivity index (χ1v) is 6.20. The first kappa shape index (κ1) is 9.41. The van der Waals surface area contributed by atoms with E-state index >= 15 is 0 Å². The van der Waals surface area contributed by atoms with E-state index in [1.54, 1.807) is 0 Å². The minimum Gasteiger partial charge on any atom is -0.324 e. The minimum atomic E-state index is 0.296. The Kier molecular flexibility index (Phi) is 2.28. The van der Waals surface area contributed by atoms with Gasteiger partial charge in [0.25, 0.3) is 0 Å². The maximum Gasteiger partial charge on any atom is 0.0323 e. The molecule has 1 atom stereocenters. The Labute approximate surface area is 91.7 Å². The Morgan fingerprint density at radius 1 is 1.13 bits per heavy atom. The smallest absolute Gasteiger partial charge is 0.0323 e. The Hall–Kier alpha value is -0.820. The Bertz CT molecular complexity index is 350. The van der Waals surface area contributed by atoms with Crippen molar-refractivity contribution in [3.05, 3.63) is 35.4 Å². The predicted molar refractivity (Wildman–Crippen MR) is 62.7 cm³/mol. The highest BCUT2D eigenvalue weighted by atomic mass is 14.7. The van der Waals surface area contributed by atoms with Crippen LogP contribution in [0.25, 0.3) is 0 Å². The molecule has 1 aromatic rings. The summed E-state index contributed by atoms with van der Waals surface area (Å²) in [5, 5.41) is 0. The summed E-state index contributed by atoms with van der Waals surface area (Å²) >= 11 is 0. The summed E-state index contributed by atoms with van der Waals surface area (Å²) in [6.45, 7) is 0. The molecule has 80 valence electrons. The maximum atomic E-state index is 6.23. The molecule has 2 saturated carbocycles. The van der Waals surface area contributed by atoms with Crippen molar-refractivity contribution in [2.24, 2.45) is 11.7 Å². The van der Waals surface area contributed by atoms with E-state index in [-0.39, 0.29) is 0 Å². The van der Waals surface area contributed by atoms with Gasteiger partial charge < -0.3 is 5.73 Å². The van der Waals surface area contributed by atoms with E-state index in [0.29, 0.717) is 6.04 Å². The third kappa shape index (κ3) is 1.81. The molecule has 0 saturated heterocycles. The lowest BCUT2D eigenvalue weighted by molar-refractivity contribution is 0.419. The van der Waals surface area contributed by atoms with Crippen molar-refractivity contribution in [1.29, 1.82) is 0 Å². The number of rotatable bonds is 3. The fourth-order valence-electron chi connectivity index (χ4n) is 2.49. The van der Waals surface area contributed by atoms with Crippen LogP contribution in [-0.2, 0) is 0 Å². The number of hydrogen-bond donors (Lipinski definition) is 1. The second-order valence-corrected chi connectivity index (χ2v) is 5.16. The van der Waals surface area contributed by atoms with Crippen LogP contribution < -0.4 is 5.73 Å². The van der Waals surface area contributed by atoms with Crippen molar-refractivity contribution >= 4 is 0 Å². The van der Waals surface area contributed by atoms with Crippen LogP contribution in [0.2, 0.25) is 0 Å². The van der Waals surface area contributed by atoms with E-state index in [9.17, 15) is 0 Å². The normalized spacial score (nSPS) is 23.5. The molecule has 2 aliphatic carbocycles. The Balaban J connectivity index is 1.81. The van der Waals surface area contributed by atoms with Crippen molar-refractivity contribution in [1.82, 2.24) is 0 Å². The second-order valence-electron chi connectivity index (χ2n) is 5.16. The second kappa shape index (κ2) is 3.64. The summed E-state index contributed by atoms with van der Waals surface area (Å²) in [6, 6.07) is 9.31. The lowest BCUT2D eigenvalue weighted by Gasteiger charge is -2.26. The van der Waals surface area contributed by atoms with Crippen LogP contribution in [0.1, 0.15) is 55.2 Å². The van der Waals surface area contributed by atoms with Crippen molar-refractivity contribution < 1.29 is 0 Å². The molecular weight excluding hydrogens is 182 g/mol. The van der Waals surface area contributed by atoms with E-state index in [1.165, 1.54) is 43.2 Å². The van der Waals surface area contributed by atoms with Gasteiger partial charge in [-0.3, -0.25) is 0 Å². The highest BCUT2D eigenvalue weighted by Gasteiger charge is 2.30. The van der Waals surface area contributed by atoms with E-state index in [0.717, 1.165) is 11.8 Å². The molecule has 0 heterocycles. The molecule has 0 aromatic heterocycles. The van der Waals surface area contributed by atoms with E-state index < -0.39 is 0 Å². The van der Waals surface area contributed by atoms with Gasteiger partial charge in [-0.25, -0.2) is 0 Å². The van der Waals surface area contributed by atoms with Gasteiger partial charge in [0, 0.05) is 6.04 Å². The third-order valence-electron chi connectivity index (χ3n) is 4.00. The zero-order chi connectivity index (χ0) is 10.3. The van der Waals surface area contributed by atoms with Crippen molar-refractivity contribution in [2.45, 2.75) is 44.1 Å². The van der Waals surface area contributed by atoms with E-state index in [2.05, 4.69) is 24.3 Å². The highest BCUT2D eigenvalue weighted by Crippen LogP contribution is 2.41. The first-order chi connectivity index (χ1) is 7.34. The van der Waals surface area contributed by atoms with Crippen molar-refractivity contribution in [2.75, 3.05) is 0 Å². The van der Waals surface area contributed by atoms with Crippen LogP contribution >= 0.6 is 0 Å². The standard InChI is InChI=1S/C14H19N/c15-14(11-7-8-11)13-6-2-5-12(9-13)10-3-1-4-10/h2,5-6,9-11,14H,1,3-4,7-8,15H2. The molecule has 1 heteroatoms. The summed E-state index contributed by atoms with van der Waals surface area (Å²) in [7, 11) is 0. The summed E-state index contributed by atoms with van der Waals surface area (Å²) in [5.74, 6) is 1.60. The zero-order valence-electron chi connectivity index (χ0n) is 9.15. The lowest BCUT2D eigenvalue weighted by atomic mass is 9.79. The van der Waals surface area contributed by atoms with Gasteiger partial charge in [-0.1, -0.05) is 30.7 Å². The number of hydrogen-bond acceptors (Lipinski definition) is 1. The van der Waals surface area contributed by atoms with Crippen LogP contribution in [0.3, 0.4) is 0 Å². The molecule has 1 unspecified atom stereocenters. The summed E-state index contributed by atoms with van der Waals surface area (Å²) < 4.78 is 0. The highest BCUT2D eigenvalue weighted by molar-refractivity contribution is 5.30. The Morgan fingerprint density at radius 3 is 2.53 bits per heavy atom. The largest absolute Gasteiger partial charge is 0.324 e. The van der Waals surface area contributed by atoms with Gasteiger partial charge >= 0.3 is 0 Å². The third-order valence-corrected chi connectivity index (χ3v) is 4.00. The minimum absolute atomic E-state index is 0.296. The van der Waals surface area contributed by atoms with Gasteiger partial charge in [-0.15, -0.1) is 0 Å². The molecule has 0 radical (unpaired) electrons. The van der Waals surface area contributed by atoms with Crippen LogP contribution in [-0.4, -0.2) is 0 Å². The fourth-order valence-corrected chi connectivity index (χ4v) is 2.49. The summed E-state index contributed by atoms with van der Waals surface area (Å²) in [5.41, 5.74) is 9.11. The fraction of sp³-hybridized carbons (Fsp3) is 0.571. The molecule has 2 aliphatic rings. The summed E-state index contributed by atoms with van der Waals surface area (Å²) in [6.07, 6.45) is 6.82. The predicted octanol–water partition coefficient (Wildman–Crippen LogP) is 3.36. The van der Waals surface area contributed by atoms with Crippen LogP contribution in [0.15, 0.2) is 24.3 Å². The SMILES string of the molecule is NC(c1cccc(C2CCC2)c1)C1CC1. The topological polar surface area (TPSA) is 26.0 Å². The van der Waals surface area contributed by atoms with Gasteiger partial charge in [0.15, 0.2) is 0 Å². The van der Waals surface area contributed by atoms with Crippen LogP contribution in [0.5, 0.6) is 0 Å². The van der Waals surface area contributed by atoms with E-state index in [4.69, 9.17) is 5.73 Å². The molecule has 15 heavy (non-hydrogen) atoms. The molecule has 2 N–H and O–H groups in total. The van der Waals surface area contributed by atoms with Crippen molar-refractivity contribution in [3.8, 4) is 0 Å². The average Bonchev–Trinajstić information content (AvgIpc) is 2.97. The molecular formula is C14H19N. The van der Waals surface area contributed by atoms with Gasteiger partial charge in [0.2, 0.25) is 0 Å². The summed E-state index contributed by atoms with van der Waals surface area (Å²) in [4.78, 5) is 0. The maximum absolute atomic E-state index is 6.23. The first-order valence-electron chi connectivity index (χ1n) is 6.20. The van der Waals surface area contributed by atoms with Crippen LogP contribution in [0, 0.1) is 5.92 Å². The number of benzene rings is 1. The molecule has 0 aliphatic heterocycles. The Morgan fingerprint density at radius 2 is 1.93 bits per heavy atom. The quantitative estimate of drug-likeness (QED) is 0.797.